The van der Waals surface area contributed by atoms with E-state index in [0.717, 1.165) is 16.8 Å². The van der Waals surface area contributed by atoms with Crippen molar-refractivity contribution in [1.29, 1.82) is 0 Å². The lowest BCUT2D eigenvalue weighted by Crippen LogP contribution is -2.21. The molecule has 3 rings (SSSR count). The van der Waals surface area contributed by atoms with Crippen molar-refractivity contribution in [3.63, 3.8) is 0 Å². The average molecular weight is 442 g/mol. The molecule has 3 aromatic carbocycles. The van der Waals surface area contributed by atoms with Crippen LogP contribution in [0, 0.1) is 10.1 Å². The third kappa shape index (κ3) is 6.60. The van der Waals surface area contributed by atoms with Crippen molar-refractivity contribution >= 4 is 23.0 Å². The third-order valence-corrected chi connectivity index (χ3v) is 4.83. The minimum Gasteiger partial charge on any atom is -0.493 e. The molecule has 0 fully saturated rings. The Balaban J connectivity index is 1.48. The van der Waals surface area contributed by atoms with Crippen LogP contribution in [0.2, 0.25) is 5.02 Å². The Morgan fingerprint density at radius 2 is 1.74 bits per heavy atom. The lowest BCUT2D eigenvalue weighted by Gasteiger charge is -2.15. The van der Waals surface area contributed by atoms with Gasteiger partial charge in [0.25, 0.3) is 5.69 Å². The zero-order valence-electron chi connectivity index (χ0n) is 17.1. The van der Waals surface area contributed by atoms with Gasteiger partial charge < -0.3 is 20.1 Å². The standard InChI is InChI=1S/C23H24ClN3O4/c1-30-22-14-18(13-21(24)23(22)31-16-17-5-3-2-4-6-17)15-25-11-12-26-19-7-9-20(10-8-19)27(28)29/h2-10,13-14,25-26H,11-12,15-16H2,1H3. The molecular weight excluding hydrogens is 418 g/mol. The molecule has 0 amide bonds. The van der Waals surface area contributed by atoms with Crippen molar-refractivity contribution in [3.8, 4) is 11.5 Å². The fourth-order valence-corrected chi connectivity index (χ4v) is 3.26. The first-order chi connectivity index (χ1) is 15.1. The molecule has 0 atom stereocenters. The van der Waals surface area contributed by atoms with Crippen molar-refractivity contribution < 1.29 is 14.4 Å². The van der Waals surface area contributed by atoms with Crippen molar-refractivity contribution in [2.45, 2.75) is 13.2 Å². The molecule has 162 valence electrons. The highest BCUT2D eigenvalue weighted by molar-refractivity contribution is 6.32. The van der Waals surface area contributed by atoms with E-state index in [0.29, 0.717) is 42.8 Å². The highest BCUT2D eigenvalue weighted by atomic mass is 35.5. The van der Waals surface area contributed by atoms with Crippen LogP contribution in [0.25, 0.3) is 0 Å². The summed E-state index contributed by atoms with van der Waals surface area (Å²) in [5.74, 6) is 1.11. The molecule has 31 heavy (non-hydrogen) atoms. The van der Waals surface area contributed by atoms with E-state index in [1.165, 1.54) is 12.1 Å². The van der Waals surface area contributed by atoms with Crippen LogP contribution in [0.4, 0.5) is 11.4 Å². The highest BCUT2D eigenvalue weighted by Gasteiger charge is 2.12. The van der Waals surface area contributed by atoms with Crippen LogP contribution in [-0.4, -0.2) is 25.1 Å². The van der Waals surface area contributed by atoms with E-state index in [1.54, 1.807) is 19.2 Å². The van der Waals surface area contributed by atoms with Crippen LogP contribution in [0.3, 0.4) is 0 Å². The van der Waals surface area contributed by atoms with Gasteiger partial charge in [0.15, 0.2) is 11.5 Å². The minimum absolute atomic E-state index is 0.0747. The molecule has 0 heterocycles. The molecular formula is C23H24ClN3O4. The Morgan fingerprint density at radius 3 is 2.42 bits per heavy atom. The zero-order chi connectivity index (χ0) is 22.1. The fraction of sp³-hybridized carbons (Fsp3) is 0.217. The van der Waals surface area contributed by atoms with Crippen LogP contribution >= 0.6 is 11.6 Å². The van der Waals surface area contributed by atoms with Crippen LogP contribution < -0.4 is 20.1 Å². The van der Waals surface area contributed by atoms with Gasteiger partial charge in [-0.05, 0) is 35.4 Å². The molecule has 0 spiro atoms. The number of hydrogen-bond acceptors (Lipinski definition) is 6. The quantitative estimate of drug-likeness (QED) is 0.246. The molecule has 0 saturated heterocycles. The molecule has 2 N–H and O–H groups in total. The van der Waals surface area contributed by atoms with Gasteiger partial charge in [-0.25, -0.2) is 0 Å². The monoisotopic (exact) mass is 441 g/mol. The van der Waals surface area contributed by atoms with Gasteiger partial charge in [-0.3, -0.25) is 10.1 Å². The average Bonchev–Trinajstić information content (AvgIpc) is 2.78. The summed E-state index contributed by atoms with van der Waals surface area (Å²) in [7, 11) is 1.59. The molecule has 0 aliphatic carbocycles. The van der Waals surface area contributed by atoms with Gasteiger partial charge in [0.2, 0.25) is 0 Å². The van der Waals surface area contributed by atoms with E-state index >= 15 is 0 Å². The Hall–Kier alpha value is -3.29. The largest absolute Gasteiger partial charge is 0.493 e. The summed E-state index contributed by atoms with van der Waals surface area (Å²) in [4.78, 5) is 10.3. The number of nitrogens with zero attached hydrogens (tertiary/aromatic N) is 1. The number of methoxy groups -OCH3 is 1. The Labute approximate surface area is 186 Å². The molecule has 0 aliphatic heterocycles. The zero-order valence-corrected chi connectivity index (χ0v) is 17.9. The van der Waals surface area contributed by atoms with E-state index in [-0.39, 0.29) is 5.69 Å². The maximum absolute atomic E-state index is 10.7. The maximum Gasteiger partial charge on any atom is 0.269 e. The number of nitro groups is 1. The van der Waals surface area contributed by atoms with Gasteiger partial charge >= 0.3 is 0 Å². The fourth-order valence-electron chi connectivity index (χ4n) is 2.97. The number of anilines is 1. The number of rotatable bonds is 11. The molecule has 8 heteroatoms. The predicted molar refractivity (Wildman–Crippen MR) is 122 cm³/mol. The van der Waals surface area contributed by atoms with Crippen molar-refractivity contribution in [3.05, 3.63) is 93.0 Å². The summed E-state index contributed by atoms with van der Waals surface area (Å²) < 4.78 is 11.4. The van der Waals surface area contributed by atoms with Gasteiger partial charge in [-0.15, -0.1) is 0 Å². The summed E-state index contributed by atoms with van der Waals surface area (Å²) >= 11 is 6.44. The third-order valence-electron chi connectivity index (χ3n) is 4.55. The molecule has 0 bridgehead atoms. The number of nitro benzene ring substituents is 1. The minimum atomic E-state index is -0.414. The second-order valence-electron chi connectivity index (χ2n) is 6.79. The van der Waals surface area contributed by atoms with E-state index in [1.807, 2.05) is 42.5 Å². The van der Waals surface area contributed by atoms with Crippen LogP contribution in [-0.2, 0) is 13.2 Å². The van der Waals surface area contributed by atoms with Crippen molar-refractivity contribution in [2.24, 2.45) is 0 Å². The molecule has 7 nitrogen and oxygen atoms in total. The smallest absolute Gasteiger partial charge is 0.269 e. The Kier molecular flexibility index (Phi) is 8.09. The number of benzene rings is 3. The van der Waals surface area contributed by atoms with Gasteiger partial charge in [0.05, 0.1) is 17.1 Å². The van der Waals surface area contributed by atoms with Gasteiger partial charge in [-0.2, -0.15) is 0 Å². The molecule has 0 saturated carbocycles. The van der Waals surface area contributed by atoms with Gasteiger partial charge in [0, 0.05) is 37.5 Å². The predicted octanol–water partition coefficient (Wildman–Crippen LogP) is 5.04. The second kappa shape index (κ2) is 11.2. The van der Waals surface area contributed by atoms with Crippen molar-refractivity contribution in [2.75, 3.05) is 25.5 Å². The second-order valence-corrected chi connectivity index (χ2v) is 7.20. The first-order valence-corrected chi connectivity index (χ1v) is 10.2. The molecule has 0 radical (unpaired) electrons. The molecule has 0 unspecified atom stereocenters. The first-order valence-electron chi connectivity index (χ1n) is 9.79. The number of hydrogen-bond donors (Lipinski definition) is 2. The molecule has 0 aliphatic rings. The van der Waals surface area contributed by atoms with E-state index < -0.39 is 4.92 Å². The van der Waals surface area contributed by atoms with Gasteiger partial charge in [-0.1, -0.05) is 41.9 Å². The SMILES string of the molecule is COc1cc(CNCCNc2ccc([N+](=O)[O-])cc2)cc(Cl)c1OCc1ccccc1. The van der Waals surface area contributed by atoms with E-state index in [2.05, 4.69) is 10.6 Å². The highest BCUT2D eigenvalue weighted by Crippen LogP contribution is 2.37. The summed E-state index contributed by atoms with van der Waals surface area (Å²) in [6.07, 6.45) is 0. The summed E-state index contributed by atoms with van der Waals surface area (Å²) in [6, 6.07) is 20.0. The Morgan fingerprint density at radius 1 is 1.00 bits per heavy atom. The molecule has 3 aromatic rings. The van der Waals surface area contributed by atoms with Crippen LogP contribution in [0.15, 0.2) is 66.7 Å². The summed E-state index contributed by atoms with van der Waals surface area (Å²) in [6.45, 7) is 2.38. The number of non-ortho nitro benzene ring substituents is 1. The number of nitrogens with one attached hydrogen (secondary N) is 2. The van der Waals surface area contributed by atoms with E-state index in [9.17, 15) is 10.1 Å². The topological polar surface area (TPSA) is 85.7 Å². The molecule has 0 aromatic heterocycles. The first kappa shape index (κ1) is 22.4. The lowest BCUT2D eigenvalue weighted by molar-refractivity contribution is -0.384. The normalized spacial score (nSPS) is 10.5. The van der Waals surface area contributed by atoms with Gasteiger partial charge in [0.1, 0.15) is 6.61 Å². The Bertz CT molecular complexity index is 998. The number of halogens is 1. The summed E-state index contributed by atoms with van der Waals surface area (Å²) in [5, 5.41) is 17.7. The lowest BCUT2D eigenvalue weighted by atomic mass is 10.2. The van der Waals surface area contributed by atoms with Crippen LogP contribution in [0.1, 0.15) is 11.1 Å². The maximum atomic E-state index is 10.7. The van der Waals surface area contributed by atoms with Crippen molar-refractivity contribution in [1.82, 2.24) is 5.32 Å². The number of ether oxygens (including phenoxy) is 2. The van der Waals surface area contributed by atoms with E-state index in [4.69, 9.17) is 21.1 Å². The van der Waals surface area contributed by atoms with Crippen LogP contribution in [0.5, 0.6) is 11.5 Å². The summed E-state index contributed by atoms with van der Waals surface area (Å²) in [5.41, 5.74) is 2.93.